The number of rotatable bonds is 4. The standard InChI is InChI=1S/C13H15BrN2OS/c1-4-16-10(13(14)9(3)15-16)7-11(17)12-6-5-8(2)18-12/h5-6H,4,7H2,1-3H3. The fourth-order valence-electron chi connectivity index (χ4n) is 1.86. The van der Waals surface area contributed by atoms with Crippen molar-refractivity contribution in [3.05, 3.63) is 37.7 Å². The van der Waals surface area contributed by atoms with Gasteiger partial charge in [-0.2, -0.15) is 5.10 Å². The second kappa shape index (κ2) is 5.36. The predicted octanol–water partition coefficient (Wildman–Crippen LogP) is 3.77. The van der Waals surface area contributed by atoms with Crippen molar-refractivity contribution in [1.82, 2.24) is 9.78 Å². The molecule has 0 N–H and O–H groups in total. The van der Waals surface area contributed by atoms with Gasteiger partial charge in [0.1, 0.15) is 0 Å². The molecule has 0 amide bonds. The molecule has 0 fully saturated rings. The van der Waals surface area contributed by atoms with E-state index in [0.29, 0.717) is 6.42 Å². The van der Waals surface area contributed by atoms with Crippen LogP contribution in [0.25, 0.3) is 0 Å². The maximum atomic E-state index is 12.2. The number of nitrogens with zero attached hydrogens (tertiary/aromatic N) is 2. The van der Waals surface area contributed by atoms with Gasteiger partial charge in [0.15, 0.2) is 5.78 Å². The molecule has 0 bridgehead atoms. The van der Waals surface area contributed by atoms with Crippen molar-refractivity contribution in [1.29, 1.82) is 0 Å². The maximum Gasteiger partial charge on any atom is 0.178 e. The lowest BCUT2D eigenvalue weighted by Crippen LogP contribution is -2.09. The summed E-state index contributed by atoms with van der Waals surface area (Å²) in [7, 11) is 0. The molecule has 0 atom stereocenters. The van der Waals surface area contributed by atoms with Crippen LogP contribution in [0, 0.1) is 13.8 Å². The Kier molecular flexibility index (Phi) is 4.02. The molecule has 5 heteroatoms. The molecule has 0 aromatic carbocycles. The van der Waals surface area contributed by atoms with E-state index in [0.717, 1.165) is 32.2 Å². The van der Waals surface area contributed by atoms with Gasteiger partial charge in [0.05, 0.1) is 27.2 Å². The number of halogens is 1. The zero-order chi connectivity index (χ0) is 13.3. The number of thiophene rings is 1. The van der Waals surface area contributed by atoms with Gasteiger partial charge >= 0.3 is 0 Å². The maximum absolute atomic E-state index is 12.2. The van der Waals surface area contributed by atoms with Gasteiger partial charge in [-0.15, -0.1) is 11.3 Å². The van der Waals surface area contributed by atoms with Crippen molar-refractivity contribution >= 4 is 33.0 Å². The SMILES string of the molecule is CCn1nc(C)c(Br)c1CC(=O)c1ccc(C)s1. The van der Waals surface area contributed by atoms with Crippen LogP contribution in [-0.4, -0.2) is 15.6 Å². The van der Waals surface area contributed by atoms with Crippen LogP contribution in [0.3, 0.4) is 0 Å². The zero-order valence-electron chi connectivity index (χ0n) is 10.7. The number of carbonyl (C=O) groups excluding carboxylic acids is 1. The first-order chi connectivity index (χ1) is 8.52. The lowest BCUT2D eigenvalue weighted by molar-refractivity contribution is 0.0994. The molecule has 0 saturated heterocycles. The van der Waals surface area contributed by atoms with Gasteiger partial charge in [-0.05, 0) is 48.8 Å². The van der Waals surface area contributed by atoms with Crippen molar-refractivity contribution < 1.29 is 4.79 Å². The van der Waals surface area contributed by atoms with Gasteiger partial charge in [-0.3, -0.25) is 9.48 Å². The highest BCUT2D eigenvalue weighted by Gasteiger charge is 2.17. The monoisotopic (exact) mass is 326 g/mol. The van der Waals surface area contributed by atoms with E-state index in [1.54, 1.807) is 11.3 Å². The van der Waals surface area contributed by atoms with E-state index in [1.165, 1.54) is 0 Å². The van der Waals surface area contributed by atoms with Crippen LogP contribution in [-0.2, 0) is 13.0 Å². The summed E-state index contributed by atoms with van der Waals surface area (Å²) < 4.78 is 2.84. The number of aromatic nitrogens is 2. The fraction of sp³-hybridized carbons (Fsp3) is 0.385. The number of ketones is 1. The lowest BCUT2D eigenvalue weighted by atomic mass is 10.2. The van der Waals surface area contributed by atoms with E-state index in [1.807, 2.05) is 37.6 Å². The Bertz CT molecular complexity index is 586. The summed E-state index contributed by atoms with van der Waals surface area (Å²) in [5, 5.41) is 4.40. The molecule has 0 spiro atoms. The minimum Gasteiger partial charge on any atom is -0.293 e. The second-order valence-electron chi connectivity index (χ2n) is 4.17. The third kappa shape index (κ3) is 2.57. The van der Waals surface area contributed by atoms with Crippen LogP contribution in [0.15, 0.2) is 16.6 Å². The molecule has 0 saturated carbocycles. The minimum atomic E-state index is 0.156. The number of hydrogen-bond acceptors (Lipinski definition) is 3. The summed E-state index contributed by atoms with van der Waals surface area (Å²) in [6, 6.07) is 3.88. The molecule has 2 aromatic heterocycles. The molecule has 2 rings (SSSR count). The zero-order valence-corrected chi connectivity index (χ0v) is 13.1. The predicted molar refractivity (Wildman–Crippen MR) is 77.4 cm³/mol. The molecule has 0 aliphatic rings. The van der Waals surface area contributed by atoms with Crippen LogP contribution in [0.5, 0.6) is 0 Å². The summed E-state index contributed by atoms with van der Waals surface area (Å²) in [4.78, 5) is 14.2. The topological polar surface area (TPSA) is 34.9 Å². The highest BCUT2D eigenvalue weighted by atomic mass is 79.9. The summed E-state index contributed by atoms with van der Waals surface area (Å²) in [5.74, 6) is 0.156. The van der Waals surface area contributed by atoms with Crippen LogP contribution in [0.1, 0.15) is 32.9 Å². The number of carbonyl (C=O) groups is 1. The lowest BCUT2D eigenvalue weighted by Gasteiger charge is -2.03. The second-order valence-corrected chi connectivity index (χ2v) is 6.25. The molecule has 2 aromatic rings. The molecule has 0 unspecified atom stereocenters. The average Bonchev–Trinajstić information content (AvgIpc) is 2.88. The summed E-state index contributed by atoms with van der Waals surface area (Å²) in [5.41, 5.74) is 1.90. The van der Waals surface area contributed by atoms with Crippen LogP contribution in [0.4, 0.5) is 0 Å². The Balaban J connectivity index is 2.26. The van der Waals surface area contributed by atoms with Gasteiger partial charge in [-0.1, -0.05) is 0 Å². The smallest absolute Gasteiger partial charge is 0.178 e. The van der Waals surface area contributed by atoms with Crippen molar-refractivity contribution in [3.8, 4) is 0 Å². The average molecular weight is 327 g/mol. The van der Waals surface area contributed by atoms with Gasteiger partial charge < -0.3 is 0 Å². The van der Waals surface area contributed by atoms with E-state index in [9.17, 15) is 4.79 Å². The summed E-state index contributed by atoms with van der Waals surface area (Å²) in [6.07, 6.45) is 0.398. The third-order valence-electron chi connectivity index (χ3n) is 2.80. The Morgan fingerprint density at radius 1 is 1.44 bits per heavy atom. The highest BCUT2D eigenvalue weighted by molar-refractivity contribution is 9.10. The van der Waals surface area contributed by atoms with E-state index >= 15 is 0 Å². The van der Waals surface area contributed by atoms with Crippen LogP contribution < -0.4 is 0 Å². The van der Waals surface area contributed by atoms with Crippen molar-refractivity contribution in [3.63, 3.8) is 0 Å². The largest absolute Gasteiger partial charge is 0.293 e. The molecule has 3 nitrogen and oxygen atoms in total. The molecule has 0 radical (unpaired) electrons. The van der Waals surface area contributed by atoms with E-state index in [2.05, 4.69) is 21.0 Å². The number of hydrogen-bond donors (Lipinski definition) is 0. The Morgan fingerprint density at radius 2 is 2.17 bits per heavy atom. The molecular formula is C13H15BrN2OS. The first kappa shape index (κ1) is 13.5. The minimum absolute atomic E-state index is 0.156. The first-order valence-corrected chi connectivity index (χ1v) is 7.45. The van der Waals surface area contributed by atoms with Crippen molar-refractivity contribution in [2.45, 2.75) is 33.7 Å². The van der Waals surface area contributed by atoms with Gasteiger partial charge in [0.25, 0.3) is 0 Å². The molecule has 96 valence electrons. The molecular weight excluding hydrogens is 312 g/mol. The Morgan fingerprint density at radius 3 is 2.72 bits per heavy atom. The Hall–Kier alpha value is -0.940. The quantitative estimate of drug-likeness (QED) is 0.801. The number of Topliss-reactive ketones (excluding diaryl/α,β-unsaturated/α-hetero) is 1. The van der Waals surface area contributed by atoms with E-state index in [4.69, 9.17) is 0 Å². The number of aryl methyl sites for hydroxylation is 3. The van der Waals surface area contributed by atoms with Crippen LogP contribution >= 0.6 is 27.3 Å². The molecule has 0 aliphatic heterocycles. The Labute approximate surface area is 119 Å². The molecule has 18 heavy (non-hydrogen) atoms. The highest BCUT2D eigenvalue weighted by Crippen LogP contribution is 2.24. The third-order valence-corrected chi connectivity index (χ3v) is 4.87. The van der Waals surface area contributed by atoms with Gasteiger partial charge in [-0.25, -0.2) is 0 Å². The fourth-order valence-corrected chi connectivity index (χ4v) is 3.09. The van der Waals surface area contributed by atoms with Crippen LogP contribution in [0.2, 0.25) is 0 Å². The van der Waals surface area contributed by atoms with Crippen molar-refractivity contribution in [2.75, 3.05) is 0 Å². The summed E-state index contributed by atoms with van der Waals surface area (Å²) >= 11 is 5.06. The summed E-state index contributed by atoms with van der Waals surface area (Å²) in [6.45, 7) is 6.76. The van der Waals surface area contributed by atoms with E-state index in [-0.39, 0.29) is 5.78 Å². The van der Waals surface area contributed by atoms with Gasteiger partial charge in [0.2, 0.25) is 0 Å². The van der Waals surface area contributed by atoms with E-state index < -0.39 is 0 Å². The van der Waals surface area contributed by atoms with Gasteiger partial charge in [0, 0.05) is 11.4 Å². The first-order valence-electron chi connectivity index (χ1n) is 5.84. The normalized spacial score (nSPS) is 10.9. The van der Waals surface area contributed by atoms with Crippen molar-refractivity contribution in [2.24, 2.45) is 0 Å². The molecule has 2 heterocycles. The molecule has 0 aliphatic carbocycles.